The highest BCUT2D eigenvalue weighted by Gasteiger charge is 2.13. The molecule has 0 aliphatic carbocycles. The standard InChI is InChI=1S/C13H19NO4/c1-9(15)8-18-11-5-3-10(4-6-11)7-12(14)13(16)17-2/h3-6,9,12,15H,7-8,14H2,1-2H3. The zero-order valence-electron chi connectivity index (χ0n) is 10.6. The molecule has 18 heavy (non-hydrogen) atoms. The molecule has 0 radical (unpaired) electrons. The summed E-state index contributed by atoms with van der Waals surface area (Å²) >= 11 is 0. The Bertz CT molecular complexity index is 375. The molecule has 1 aromatic carbocycles. The van der Waals surface area contributed by atoms with E-state index < -0.39 is 18.1 Å². The molecule has 5 heteroatoms. The van der Waals surface area contributed by atoms with Gasteiger partial charge in [-0.25, -0.2) is 0 Å². The molecular formula is C13H19NO4. The molecule has 0 aliphatic rings. The highest BCUT2D eigenvalue weighted by molar-refractivity contribution is 5.75. The Morgan fingerprint density at radius 3 is 2.50 bits per heavy atom. The maximum Gasteiger partial charge on any atom is 0.322 e. The third-order valence-electron chi connectivity index (χ3n) is 2.37. The van der Waals surface area contributed by atoms with E-state index in [0.717, 1.165) is 5.56 Å². The van der Waals surface area contributed by atoms with Crippen molar-refractivity contribution in [1.29, 1.82) is 0 Å². The molecule has 2 atom stereocenters. The maximum atomic E-state index is 11.2. The van der Waals surface area contributed by atoms with Gasteiger partial charge in [-0.2, -0.15) is 0 Å². The number of aliphatic hydroxyl groups is 1. The van der Waals surface area contributed by atoms with Gasteiger partial charge in [0, 0.05) is 0 Å². The number of ether oxygens (including phenoxy) is 2. The highest BCUT2D eigenvalue weighted by atomic mass is 16.5. The van der Waals surface area contributed by atoms with Gasteiger partial charge in [0.1, 0.15) is 18.4 Å². The average Bonchev–Trinajstić information content (AvgIpc) is 2.36. The monoisotopic (exact) mass is 253 g/mol. The van der Waals surface area contributed by atoms with Gasteiger partial charge in [-0.15, -0.1) is 0 Å². The Labute approximate surface area is 107 Å². The third-order valence-corrected chi connectivity index (χ3v) is 2.37. The predicted octanol–water partition coefficient (Wildman–Crippen LogP) is 0.489. The van der Waals surface area contributed by atoms with E-state index in [9.17, 15) is 4.79 Å². The van der Waals surface area contributed by atoms with E-state index in [-0.39, 0.29) is 6.61 Å². The molecule has 0 saturated carbocycles. The molecule has 0 heterocycles. The van der Waals surface area contributed by atoms with Gasteiger partial charge in [0.2, 0.25) is 0 Å². The summed E-state index contributed by atoms with van der Waals surface area (Å²) < 4.78 is 9.88. The molecule has 100 valence electrons. The van der Waals surface area contributed by atoms with Crippen LogP contribution in [0.2, 0.25) is 0 Å². The maximum absolute atomic E-state index is 11.2. The van der Waals surface area contributed by atoms with Crippen molar-refractivity contribution < 1.29 is 19.4 Å². The highest BCUT2D eigenvalue weighted by Crippen LogP contribution is 2.13. The largest absolute Gasteiger partial charge is 0.491 e. The minimum Gasteiger partial charge on any atom is -0.491 e. The zero-order valence-corrected chi connectivity index (χ0v) is 10.6. The van der Waals surface area contributed by atoms with Gasteiger partial charge in [0.25, 0.3) is 0 Å². The van der Waals surface area contributed by atoms with Crippen molar-refractivity contribution >= 4 is 5.97 Å². The Balaban J connectivity index is 2.52. The number of methoxy groups -OCH3 is 1. The van der Waals surface area contributed by atoms with E-state index in [2.05, 4.69) is 4.74 Å². The van der Waals surface area contributed by atoms with Gasteiger partial charge in [-0.3, -0.25) is 4.79 Å². The van der Waals surface area contributed by atoms with Crippen LogP contribution in [0, 0.1) is 0 Å². The first-order valence-corrected chi connectivity index (χ1v) is 5.76. The fraction of sp³-hybridized carbons (Fsp3) is 0.462. The van der Waals surface area contributed by atoms with Crippen molar-refractivity contribution in [1.82, 2.24) is 0 Å². The molecule has 5 nitrogen and oxygen atoms in total. The van der Waals surface area contributed by atoms with Crippen LogP contribution in [-0.4, -0.2) is 36.9 Å². The van der Waals surface area contributed by atoms with Crippen LogP contribution < -0.4 is 10.5 Å². The van der Waals surface area contributed by atoms with Crippen LogP contribution in [0.4, 0.5) is 0 Å². The van der Waals surface area contributed by atoms with Crippen molar-refractivity contribution in [2.45, 2.75) is 25.5 Å². The first kappa shape index (κ1) is 14.5. The summed E-state index contributed by atoms with van der Waals surface area (Å²) in [4.78, 5) is 11.2. The quantitative estimate of drug-likeness (QED) is 0.721. The molecule has 0 spiro atoms. The van der Waals surface area contributed by atoms with Gasteiger partial charge in [-0.1, -0.05) is 12.1 Å². The lowest BCUT2D eigenvalue weighted by atomic mass is 10.1. The van der Waals surface area contributed by atoms with Gasteiger partial charge >= 0.3 is 5.97 Å². The molecule has 0 fully saturated rings. The van der Waals surface area contributed by atoms with Gasteiger partial charge in [0.15, 0.2) is 0 Å². The Hall–Kier alpha value is -1.59. The Morgan fingerprint density at radius 2 is 2.00 bits per heavy atom. The Morgan fingerprint density at radius 1 is 1.39 bits per heavy atom. The molecule has 0 aromatic heterocycles. The fourth-order valence-corrected chi connectivity index (χ4v) is 1.43. The summed E-state index contributed by atoms with van der Waals surface area (Å²) in [7, 11) is 1.31. The molecule has 0 aliphatic heterocycles. The summed E-state index contributed by atoms with van der Waals surface area (Å²) in [6.45, 7) is 1.91. The number of aliphatic hydroxyl groups excluding tert-OH is 1. The molecule has 2 unspecified atom stereocenters. The van der Waals surface area contributed by atoms with Crippen molar-refractivity contribution in [3.63, 3.8) is 0 Å². The van der Waals surface area contributed by atoms with Crippen LogP contribution >= 0.6 is 0 Å². The summed E-state index contributed by atoms with van der Waals surface area (Å²) in [5.41, 5.74) is 6.59. The molecule has 0 saturated heterocycles. The second-order valence-electron chi connectivity index (χ2n) is 4.14. The summed E-state index contributed by atoms with van der Waals surface area (Å²) in [6, 6.07) is 6.57. The van der Waals surface area contributed by atoms with Crippen LogP contribution in [0.1, 0.15) is 12.5 Å². The normalized spacial score (nSPS) is 13.8. The van der Waals surface area contributed by atoms with Crippen LogP contribution in [0.15, 0.2) is 24.3 Å². The second-order valence-corrected chi connectivity index (χ2v) is 4.14. The average molecular weight is 253 g/mol. The number of rotatable bonds is 6. The molecule has 1 rings (SSSR count). The topological polar surface area (TPSA) is 81.8 Å². The van der Waals surface area contributed by atoms with E-state index >= 15 is 0 Å². The predicted molar refractivity (Wildman–Crippen MR) is 67.3 cm³/mol. The van der Waals surface area contributed by atoms with Gasteiger partial charge in [-0.05, 0) is 31.0 Å². The lowest BCUT2D eigenvalue weighted by molar-refractivity contribution is -0.142. The van der Waals surface area contributed by atoms with Crippen molar-refractivity contribution in [3.8, 4) is 5.75 Å². The SMILES string of the molecule is COC(=O)C(N)Cc1ccc(OCC(C)O)cc1. The van der Waals surface area contributed by atoms with Crippen LogP contribution in [0.3, 0.4) is 0 Å². The van der Waals surface area contributed by atoms with Crippen molar-refractivity contribution in [2.24, 2.45) is 5.73 Å². The number of carbonyl (C=O) groups excluding carboxylic acids is 1. The molecule has 0 bridgehead atoms. The van der Waals surface area contributed by atoms with Crippen LogP contribution in [0.5, 0.6) is 5.75 Å². The Kier molecular flexibility index (Phi) is 5.61. The first-order valence-electron chi connectivity index (χ1n) is 5.76. The summed E-state index contributed by atoms with van der Waals surface area (Å²) in [5.74, 6) is 0.246. The number of benzene rings is 1. The number of nitrogens with two attached hydrogens (primary N) is 1. The van der Waals surface area contributed by atoms with Gasteiger partial charge in [0.05, 0.1) is 13.2 Å². The van der Waals surface area contributed by atoms with Crippen molar-refractivity contribution in [3.05, 3.63) is 29.8 Å². The van der Waals surface area contributed by atoms with E-state index in [1.54, 1.807) is 19.1 Å². The number of hydrogen-bond acceptors (Lipinski definition) is 5. The smallest absolute Gasteiger partial charge is 0.322 e. The van der Waals surface area contributed by atoms with Gasteiger partial charge < -0.3 is 20.3 Å². The van der Waals surface area contributed by atoms with Crippen LogP contribution in [0.25, 0.3) is 0 Å². The number of esters is 1. The molecule has 3 N–H and O–H groups in total. The van der Waals surface area contributed by atoms with E-state index in [4.69, 9.17) is 15.6 Å². The van der Waals surface area contributed by atoms with E-state index in [1.165, 1.54) is 7.11 Å². The number of hydrogen-bond donors (Lipinski definition) is 2. The van der Waals surface area contributed by atoms with Crippen LogP contribution in [-0.2, 0) is 16.0 Å². The molecule has 1 aromatic rings. The fourth-order valence-electron chi connectivity index (χ4n) is 1.43. The second kappa shape index (κ2) is 6.98. The minimum absolute atomic E-state index is 0.251. The third kappa shape index (κ3) is 4.73. The van der Waals surface area contributed by atoms with E-state index in [0.29, 0.717) is 12.2 Å². The molecular weight excluding hydrogens is 234 g/mol. The first-order chi connectivity index (χ1) is 8.52. The lowest BCUT2D eigenvalue weighted by Gasteiger charge is -2.11. The van der Waals surface area contributed by atoms with E-state index in [1.807, 2.05) is 12.1 Å². The minimum atomic E-state index is -0.653. The zero-order chi connectivity index (χ0) is 13.5. The lowest BCUT2D eigenvalue weighted by Crippen LogP contribution is -2.33. The summed E-state index contributed by atoms with van der Waals surface area (Å²) in [5, 5.41) is 9.08. The van der Waals surface area contributed by atoms with Crippen molar-refractivity contribution in [2.75, 3.05) is 13.7 Å². The number of carbonyl (C=O) groups is 1. The molecule has 0 amide bonds. The summed E-state index contributed by atoms with van der Waals surface area (Å²) in [6.07, 6.45) is -0.0824.